The van der Waals surface area contributed by atoms with Gasteiger partial charge in [-0.15, -0.1) is 0 Å². The highest BCUT2D eigenvalue weighted by Gasteiger charge is 2.57. The van der Waals surface area contributed by atoms with E-state index in [2.05, 4.69) is 75.0 Å². The molecule has 4 aliphatic rings. The Balaban J connectivity index is 1.48. The van der Waals surface area contributed by atoms with Crippen LogP contribution in [0.2, 0.25) is 0 Å². The van der Waals surface area contributed by atoms with E-state index in [1.165, 1.54) is 6.42 Å². The molecule has 4 N–H and O–H groups in total. The monoisotopic (exact) mass is 764 g/mol. The number of methoxy groups -OCH3 is 1. The molecule has 3 saturated carbocycles. The number of hydroxylamine groups is 2. The number of anilines is 1. The number of aliphatic hydroxyl groups is 2. The van der Waals surface area contributed by atoms with Gasteiger partial charge in [0.25, 0.3) is 5.91 Å². The van der Waals surface area contributed by atoms with E-state index in [9.17, 15) is 19.8 Å². The number of carbonyl (C=O) groups excluding carboxylic acids is 2. The molecule has 1 aliphatic heterocycles. The van der Waals surface area contributed by atoms with Crippen LogP contribution in [0.15, 0.2) is 36.4 Å². The summed E-state index contributed by atoms with van der Waals surface area (Å²) < 4.78 is 6.14. The van der Waals surface area contributed by atoms with E-state index in [1.807, 2.05) is 44.4 Å². The Morgan fingerprint density at radius 2 is 1.80 bits per heavy atom. The number of nitrogens with one attached hydrogen (secondary N) is 2. The van der Waals surface area contributed by atoms with E-state index < -0.39 is 24.2 Å². The lowest BCUT2D eigenvalue weighted by molar-refractivity contribution is -0.183. The molecule has 11 heteroatoms. The molecule has 3 aliphatic carbocycles. The van der Waals surface area contributed by atoms with Gasteiger partial charge in [0.2, 0.25) is 5.91 Å². The number of likely N-dealkylation sites (N-methyl/N-ethyl adjacent to an activating group) is 1. The van der Waals surface area contributed by atoms with Gasteiger partial charge in [-0.2, -0.15) is 5.06 Å². The van der Waals surface area contributed by atoms with Crippen molar-refractivity contribution in [2.24, 2.45) is 35.0 Å². The molecule has 2 amide bonds. The Morgan fingerprint density at radius 3 is 2.36 bits per heavy atom. The minimum atomic E-state index is -0.896. The second-order valence-corrected chi connectivity index (χ2v) is 17.7. The first-order valence-electron chi connectivity index (χ1n) is 20.6. The van der Waals surface area contributed by atoms with Crippen molar-refractivity contribution in [2.75, 3.05) is 52.3 Å². The van der Waals surface area contributed by atoms with Crippen molar-refractivity contribution in [3.05, 3.63) is 47.5 Å². The molecule has 1 saturated heterocycles. The van der Waals surface area contributed by atoms with Gasteiger partial charge in [0, 0.05) is 60.0 Å². The molecule has 2 bridgehead atoms. The molecule has 0 unspecified atom stereocenters. The maximum atomic E-state index is 14.3. The van der Waals surface area contributed by atoms with E-state index >= 15 is 0 Å². The van der Waals surface area contributed by atoms with Gasteiger partial charge >= 0.3 is 0 Å². The summed E-state index contributed by atoms with van der Waals surface area (Å²) >= 11 is 0. The van der Waals surface area contributed by atoms with Gasteiger partial charge in [-0.3, -0.25) is 14.4 Å². The zero-order chi connectivity index (χ0) is 40.4. The quantitative estimate of drug-likeness (QED) is 0.164. The number of amides is 2. The van der Waals surface area contributed by atoms with E-state index in [4.69, 9.17) is 9.57 Å². The van der Waals surface area contributed by atoms with E-state index in [0.717, 1.165) is 54.9 Å². The van der Waals surface area contributed by atoms with Crippen molar-refractivity contribution in [1.29, 1.82) is 0 Å². The summed E-state index contributed by atoms with van der Waals surface area (Å²) in [5.41, 5.74) is 4.21. The van der Waals surface area contributed by atoms with Crippen LogP contribution in [0.5, 0.6) is 5.75 Å². The van der Waals surface area contributed by atoms with Crippen molar-refractivity contribution in [3.63, 3.8) is 0 Å². The number of aliphatic hydroxyl groups excluding tert-OH is 2. The number of hydrogen-bond donors (Lipinski definition) is 4. The normalized spacial score (nSPS) is 27.1. The topological polar surface area (TPSA) is 127 Å². The molecule has 9 atom stereocenters. The second-order valence-electron chi connectivity index (χ2n) is 17.7. The fraction of sp³-hybridized carbons (Fsp3) is 0.682. The average Bonchev–Trinajstić information content (AvgIpc) is 3.50. The van der Waals surface area contributed by atoms with Crippen LogP contribution in [0.1, 0.15) is 90.6 Å². The maximum absolute atomic E-state index is 14.3. The van der Waals surface area contributed by atoms with Crippen molar-refractivity contribution < 1.29 is 29.4 Å². The van der Waals surface area contributed by atoms with Crippen molar-refractivity contribution in [3.8, 4) is 16.9 Å². The lowest BCUT2D eigenvalue weighted by Crippen LogP contribution is -2.62. The first-order chi connectivity index (χ1) is 26.0. The summed E-state index contributed by atoms with van der Waals surface area (Å²) in [5.74, 6) is 1.55. The summed E-state index contributed by atoms with van der Waals surface area (Å²) in [4.78, 5) is 38.9. The second kappa shape index (κ2) is 17.9. The molecule has 0 aromatic heterocycles. The zero-order valence-corrected chi connectivity index (χ0v) is 35.3. The molecule has 0 spiro atoms. The van der Waals surface area contributed by atoms with E-state index in [0.29, 0.717) is 35.0 Å². The van der Waals surface area contributed by atoms with Crippen LogP contribution in [0.3, 0.4) is 0 Å². The third-order valence-electron chi connectivity index (χ3n) is 13.0. The first kappa shape index (κ1) is 42.9. The summed E-state index contributed by atoms with van der Waals surface area (Å²) in [6, 6.07) is 11.1. The summed E-state index contributed by atoms with van der Waals surface area (Å²) in [6.07, 6.45) is 1.36. The molecule has 6 rings (SSSR count). The van der Waals surface area contributed by atoms with Crippen molar-refractivity contribution in [2.45, 2.75) is 112 Å². The Bertz CT molecular complexity index is 1620. The lowest BCUT2D eigenvalue weighted by atomic mass is 9.45. The number of para-hydroxylation sites is 1. The van der Waals surface area contributed by atoms with Crippen LogP contribution in [-0.2, 0) is 16.2 Å². The van der Waals surface area contributed by atoms with Crippen molar-refractivity contribution >= 4 is 17.5 Å². The highest BCUT2D eigenvalue weighted by Crippen LogP contribution is 2.61. The predicted molar refractivity (Wildman–Crippen MR) is 219 cm³/mol. The lowest BCUT2D eigenvalue weighted by Gasteiger charge is -2.62. The van der Waals surface area contributed by atoms with Crippen LogP contribution in [-0.4, -0.2) is 110 Å². The van der Waals surface area contributed by atoms with Crippen LogP contribution in [0.4, 0.5) is 5.69 Å². The van der Waals surface area contributed by atoms with Gasteiger partial charge in [-0.05, 0) is 107 Å². The number of hydrogen-bond acceptors (Lipinski definition) is 9. The van der Waals surface area contributed by atoms with E-state index in [-0.39, 0.29) is 42.5 Å². The van der Waals surface area contributed by atoms with Crippen LogP contribution >= 0.6 is 0 Å². The van der Waals surface area contributed by atoms with E-state index in [1.54, 1.807) is 19.1 Å². The number of carbonyl (C=O) groups is 2. The first-order valence-corrected chi connectivity index (χ1v) is 20.6. The Morgan fingerprint density at radius 1 is 1.09 bits per heavy atom. The Hall–Kier alpha value is -3.22. The van der Waals surface area contributed by atoms with Gasteiger partial charge in [0.05, 0.1) is 26.4 Å². The van der Waals surface area contributed by atoms with Gasteiger partial charge in [-0.25, -0.2) is 0 Å². The minimum absolute atomic E-state index is 0.00129. The molecule has 11 nitrogen and oxygen atoms in total. The van der Waals surface area contributed by atoms with Gasteiger partial charge in [0.15, 0.2) is 0 Å². The van der Waals surface area contributed by atoms with Crippen LogP contribution in [0, 0.1) is 35.0 Å². The smallest absolute Gasteiger partial charge is 0.251 e. The largest absolute Gasteiger partial charge is 0.496 e. The van der Waals surface area contributed by atoms with Crippen LogP contribution < -0.4 is 20.3 Å². The highest BCUT2D eigenvalue weighted by atomic mass is 16.7. The molecule has 2 aromatic carbocycles. The van der Waals surface area contributed by atoms with Gasteiger partial charge in [0.1, 0.15) is 17.9 Å². The standard InChI is InChI=1S/C44H69N5O6/c1-12-48(13-2)34-19-30(18-31(20-34)42(52)45-33(17-26(3)4)24-47(9)10)35-16-14-15-29(41(35)54-11)23-49-40(39(28(6)51)38(25-50)55-49)43(53)46-37-22-32-21-36(27(37)5)44(32,7)8/h14-16,18-20,26-28,32-33,36-40,50-51H,12-13,17,21-25H2,1-11H3,(H,45,52)(H,46,53)/t27-,28-,32-,33-,36+,37-,38-,39+,40-/m0/s1. The van der Waals surface area contributed by atoms with Crippen molar-refractivity contribution in [1.82, 2.24) is 20.6 Å². The number of ether oxygens (including phenoxy) is 1. The maximum Gasteiger partial charge on any atom is 0.251 e. The summed E-state index contributed by atoms with van der Waals surface area (Å²) in [7, 11) is 5.67. The zero-order valence-electron chi connectivity index (χ0n) is 35.3. The van der Waals surface area contributed by atoms with Gasteiger partial charge in [-0.1, -0.05) is 52.8 Å². The SMILES string of the molecule is CCN(CC)c1cc(C(=O)N[C@@H](CC(C)C)CN(C)C)cc(-c2cccc(CN3O[C@@H](CO)[C@@H]([C@H](C)O)[C@H]3C(=O)N[C@H]3C[C@@H]4C[C@H]([C@@H]3C)C4(C)C)c2OC)c1. The molecule has 4 fully saturated rings. The summed E-state index contributed by atoms with van der Waals surface area (Å²) in [6.45, 7) is 19.3. The number of fused-ring (bicyclic) bond motifs is 2. The summed E-state index contributed by atoms with van der Waals surface area (Å²) in [5, 5.41) is 29.7. The highest BCUT2D eigenvalue weighted by molar-refractivity contribution is 5.97. The molecule has 1 heterocycles. The molecular weight excluding hydrogens is 695 g/mol. The molecule has 55 heavy (non-hydrogen) atoms. The molecule has 2 aromatic rings. The minimum Gasteiger partial charge on any atom is -0.496 e. The molecule has 306 valence electrons. The Labute approximate surface area is 330 Å². The Kier molecular flexibility index (Phi) is 14.0. The number of benzene rings is 2. The molecular formula is C44H69N5O6. The fourth-order valence-electron chi connectivity index (χ4n) is 9.96. The third-order valence-corrected chi connectivity index (χ3v) is 13.0. The third kappa shape index (κ3) is 9.17. The number of rotatable bonds is 17. The predicted octanol–water partition coefficient (Wildman–Crippen LogP) is 5.58. The fourth-order valence-corrected chi connectivity index (χ4v) is 9.96. The molecule has 0 radical (unpaired) electrons. The number of nitrogens with zero attached hydrogens (tertiary/aromatic N) is 3. The average molecular weight is 764 g/mol. The van der Waals surface area contributed by atoms with Crippen LogP contribution in [0.25, 0.3) is 11.1 Å². The van der Waals surface area contributed by atoms with Gasteiger partial charge < -0.3 is 35.4 Å².